The summed E-state index contributed by atoms with van der Waals surface area (Å²) in [6.45, 7) is 8.61. The fourth-order valence-corrected chi connectivity index (χ4v) is 1.93. The molecule has 0 fully saturated rings. The van der Waals surface area contributed by atoms with Gasteiger partial charge in [-0.1, -0.05) is 13.8 Å². The number of aryl methyl sites for hydroxylation is 1. The highest BCUT2D eigenvalue weighted by molar-refractivity contribution is 5.24. The number of ether oxygens (including phenoxy) is 1. The molecule has 0 amide bonds. The average molecular weight is 274 g/mol. The van der Waals surface area contributed by atoms with E-state index in [4.69, 9.17) is 9.15 Å². The number of furan rings is 1. The Morgan fingerprint density at radius 3 is 2.90 bits per heavy atom. The van der Waals surface area contributed by atoms with Crippen molar-refractivity contribution in [3.63, 3.8) is 0 Å². The molecule has 1 N–H and O–H groups in total. The van der Waals surface area contributed by atoms with Gasteiger partial charge in [0.1, 0.15) is 12.4 Å². The second-order valence-electron chi connectivity index (χ2n) is 5.35. The summed E-state index contributed by atoms with van der Waals surface area (Å²) in [5.41, 5.74) is 2.15. The van der Waals surface area contributed by atoms with Crippen molar-refractivity contribution in [2.75, 3.05) is 6.54 Å². The molecule has 0 atom stereocenters. The van der Waals surface area contributed by atoms with E-state index in [1.54, 1.807) is 6.26 Å². The van der Waals surface area contributed by atoms with Crippen LogP contribution in [0.2, 0.25) is 0 Å². The first-order valence-corrected chi connectivity index (χ1v) is 6.97. The Kier molecular flexibility index (Phi) is 5.18. The number of aromatic nitrogens is 1. The molecule has 4 nitrogen and oxygen atoms in total. The Labute approximate surface area is 120 Å². The molecule has 0 spiro atoms. The second kappa shape index (κ2) is 7.10. The van der Waals surface area contributed by atoms with Gasteiger partial charge in [0.15, 0.2) is 0 Å². The highest BCUT2D eigenvalue weighted by Crippen LogP contribution is 2.14. The summed E-state index contributed by atoms with van der Waals surface area (Å²) in [6.07, 6.45) is 1.64. The van der Waals surface area contributed by atoms with Crippen LogP contribution in [0.15, 0.2) is 34.9 Å². The summed E-state index contributed by atoms with van der Waals surface area (Å²) in [4.78, 5) is 4.38. The zero-order valence-electron chi connectivity index (χ0n) is 12.3. The minimum absolute atomic E-state index is 0.405. The van der Waals surface area contributed by atoms with E-state index < -0.39 is 0 Å². The number of hydrogen-bond acceptors (Lipinski definition) is 4. The zero-order valence-corrected chi connectivity index (χ0v) is 12.3. The molecule has 108 valence electrons. The number of nitrogens with zero attached hydrogens (tertiary/aromatic N) is 1. The molecule has 2 rings (SSSR count). The normalized spacial score (nSPS) is 11.0. The molecule has 2 heterocycles. The van der Waals surface area contributed by atoms with E-state index in [2.05, 4.69) is 30.2 Å². The summed E-state index contributed by atoms with van der Waals surface area (Å²) in [5.74, 6) is 2.09. The van der Waals surface area contributed by atoms with Crippen LogP contribution >= 0.6 is 0 Å². The fourth-order valence-electron chi connectivity index (χ4n) is 1.93. The van der Waals surface area contributed by atoms with Crippen molar-refractivity contribution < 1.29 is 9.15 Å². The van der Waals surface area contributed by atoms with Crippen LogP contribution in [-0.4, -0.2) is 11.5 Å². The second-order valence-corrected chi connectivity index (χ2v) is 5.35. The molecule has 0 aliphatic heterocycles. The third kappa shape index (κ3) is 4.70. The zero-order chi connectivity index (χ0) is 14.4. The quantitative estimate of drug-likeness (QED) is 0.841. The number of rotatable bonds is 7. The highest BCUT2D eigenvalue weighted by Gasteiger charge is 2.04. The SMILES string of the molecule is Cc1cc(CNCC(C)C)cc(OCc2ccco2)n1. The molecule has 0 unspecified atom stereocenters. The number of hydrogen-bond donors (Lipinski definition) is 1. The fraction of sp³-hybridized carbons (Fsp3) is 0.438. The van der Waals surface area contributed by atoms with Crippen molar-refractivity contribution in [3.05, 3.63) is 47.5 Å². The molecule has 2 aromatic heterocycles. The Balaban J connectivity index is 1.93. The van der Waals surface area contributed by atoms with E-state index in [1.165, 1.54) is 5.56 Å². The minimum Gasteiger partial charge on any atom is -0.469 e. The highest BCUT2D eigenvalue weighted by atomic mass is 16.5. The number of pyridine rings is 1. The maximum absolute atomic E-state index is 5.67. The van der Waals surface area contributed by atoms with Crippen molar-refractivity contribution >= 4 is 0 Å². The molecule has 0 radical (unpaired) electrons. The lowest BCUT2D eigenvalue weighted by Crippen LogP contribution is -2.19. The Hall–Kier alpha value is -1.81. The van der Waals surface area contributed by atoms with Crippen molar-refractivity contribution in [1.29, 1.82) is 0 Å². The van der Waals surface area contributed by atoms with Crippen molar-refractivity contribution in [1.82, 2.24) is 10.3 Å². The minimum atomic E-state index is 0.405. The van der Waals surface area contributed by atoms with Gasteiger partial charge in [0, 0.05) is 18.3 Å². The lowest BCUT2D eigenvalue weighted by Gasteiger charge is -2.10. The van der Waals surface area contributed by atoms with Gasteiger partial charge in [0.05, 0.1) is 6.26 Å². The maximum atomic E-state index is 5.67. The van der Waals surface area contributed by atoms with Crippen LogP contribution in [0.1, 0.15) is 30.9 Å². The van der Waals surface area contributed by atoms with E-state index in [0.29, 0.717) is 18.4 Å². The molecule has 0 aromatic carbocycles. The lowest BCUT2D eigenvalue weighted by molar-refractivity contribution is 0.260. The van der Waals surface area contributed by atoms with Crippen molar-refractivity contribution in [2.24, 2.45) is 5.92 Å². The molecule has 0 bridgehead atoms. The molecule has 4 heteroatoms. The lowest BCUT2D eigenvalue weighted by atomic mass is 10.2. The van der Waals surface area contributed by atoms with E-state index >= 15 is 0 Å². The number of nitrogens with one attached hydrogen (secondary N) is 1. The van der Waals surface area contributed by atoms with Gasteiger partial charge < -0.3 is 14.5 Å². The molecular weight excluding hydrogens is 252 g/mol. The summed E-state index contributed by atoms with van der Waals surface area (Å²) in [7, 11) is 0. The van der Waals surface area contributed by atoms with Crippen LogP contribution in [0.4, 0.5) is 0 Å². The monoisotopic (exact) mass is 274 g/mol. The molecule has 20 heavy (non-hydrogen) atoms. The third-order valence-electron chi connectivity index (χ3n) is 2.81. The maximum Gasteiger partial charge on any atom is 0.214 e. The van der Waals surface area contributed by atoms with Gasteiger partial charge in [-0.15, -0.1) is 0 Å². The van der Waals surface area contributed by atoms with Crippen molar-refractivity contribution in [2.45, 2.75) is 33.9 Å². The van der Waals surface area contributed by atoms with Crippen LogP contribution in [0.3, 0.4) is 0 Å². The van der Waals surface area contributed by atoms with E-state index in [1.807, 2.05) is 25.1 Å². The van der Waals surface area contributed by atoms with Gasteiger partial charge in [-0.25, -0.2) is 4.98 Å². The average Bonchev–Trinajstić information content (AvgIpc) is 2.88. The molecular formula is C16H22N2O2. The molecule has 0 saturated carbocycles. The van der Waals surface area contributed by atoms with Gasteiger partial charge in [-0.2, -0.15) is 0 Å². The first-order valence-electron chi connectivity index (χ1n) is 6.97. The van der Waals surface area contributed by atoms with Crippen LogP contribution in [0.5, 0.6) is 5.88 Å². The van der Waals surface area contributed by atoms with Gasteiger partial charge in [-0.05, 0) is 43.1 Å². The van der Waals surface area contributed by atoms with Gasteiger partial charge in [-0.3, -0.25) is 0 Å². The third-order valence-corrected chi connectivity index (χ3v) is 2.81. The van der Waals surface area contributed by atoms with E-state index in [9.17, 15) is 0 Å². The van der Waals surface area contributed by atoms with Crippen LogP contribution in [-0.2, 0) is 13.2 Å². The van der Waals surface area contributed by atoms with Gasteiger partial charge >= 0.3 is 0 Å². The summed E-state index contributed by atoms with van der Waals surface area (Å²) < 4.78 is 10.9. The van der Waals surface area contributed by atoms with E-state index in [-0.39, 0.29) is 0 Å². The molecule has 2 aromatic rings. The molecule has 0 saturated heterocycles. The first-order chi connectivity index (χ1) is 9.63. The predicted molar refractivity (Wildman–Crippen MR) is 78.6 cm³/mol. The van der Waals surface area contributed by atoms with Crippen LogP contribution < -0.4 is 10.1 Å². The van der Waals surface area contributed by atoms with Gasteiger partial charge in [0.25, 0.3) is 0 Å². The van der Waals surface area contributed by atoms with E-state index in [0.717, 1.165) is 24.5 Å². The van der Waals surface area contributed by atoms with Crippen molar-refractivity contribution in [3.8, 4) is 5.88 Å². The first kappa shape index (κ1) is 14.6. The molecule has 0 aliphatic rings. The summed E-state index contributed by atoms with van der Waals surface area (Å²) in [5, 5.41) is 3.42. The van der Waals surface area contributed by atoms with Gasteiger partial charge in [0.2, 0.25) is 5.88 Å². The predicted octanol–water partition coefficient (Wildman–Crippen LogP) is 3.31. The van der Waals surface area contributed by atoms with Crippen LogP contribution in [0, 0.1) is 12.8 Å². The largest absolute Gasteiger partial charge is 0.469 e. The smallest absolute Gasteiger partial charge is 0.214 e. The Morgan fingerprint density at radius 2 is 2.20 bits per heavy atom. The van der Waals surface area contributed by atoms with Crippen LogP contribution in [0.25, 0.3) is 0 Å². The summed E-state index contributed by atoms with van der Waals surface area (Å²) in [6, 6.07) is 7.79. The molecule has 0 aliphatic carbocycles. The standard InChI is InChI=1S/C16H22N2O2/c1-12(2)9-17-10-14-7-13(3)18-16(8-14)20-11-15-5-4-6-19-15/h4-8,12,17H,9-11H2,1-3H3. The Bertz CT molecular complexity index is 521. The summed E-state index contributed by atoms with van der Waals surface area (Å²) >= 11 is 0. The topological polar surface area (TPSA) is 47.3 Å². The Morgan fingerprint density at radius 1 is 1.35 bits per heavy atom.